The van der Waals surface area contributed by atoms with Crippen molar-refractivity contribution in [3.05, 3.63) is 58.6 Å². The first-order valence-electron chi connectivity index (χ1n) is 6.46. The molecule has 2 nitrogen and oxygen atoms in total. The van der Waals surface area contributed by atoms with E-state index in [1.165, 1.54) is 5.56 Å². The van der Waals surface area contributed by atoms with Crippen molar-refractivity contribution in [2.45, 2.75) is 20.4 Å². The van der Waals surface area contributed by atoms with Gasteiger partial charge in [-0.3, -0.25) is 0 Å². The number of nitrogen functional groups attached to an aromatic ring is 1. The third-order valence-corrected chi connectivity index (χ3v) is 3.58. The van der Waals surface area contributed by atoms with Gasteiger partial charge < -0.3 is 10.6 Å². The molecule has 2 aromatic carbocycles. The number of halogens is 1. The largest absolute Gasteiger partial charge is 0.397 e. The van der Waals surface area contributed by atoms with Crippen LogP contribution in [0.5, 0.6) is 0 Å². The van der Waals surface area contributed by atoms with E-state index < -0.39 is 0 Å². The van der Waals surface area contributed by atoms with E-state index >= 15 is 0 Å². The van der Waals surface area contributed by atoms with E-state index in [1.54, 1.807) is 0 Å². The van der Waals surface area contributed by atoms with Crippen molar-refractivity contribution in [2.75, 3.05) is 17.2 Å². The van der Waals surface area contributed by atoms with Crippen LogP contribution in [0.15, 0.2) is 42.5 Å². The standard InChI is InChI=1S/C16H19ClN2/c1-3-19(16-7-5-4-6-15(16)18)11-13-9-8-12(2)10-14(13)17/h4-10H,3,11,18H2,1-2H3. The maximum absolute atomic E-state index is 6.30. The van der Waals surface area contributed by atoms with E-state index in [4.69, 9.17) is 17.3 Å². The molecule has 0 unspecified atom stereocenters. The van der Waals surface area contributed by atoms with Crippen molar-refractivity contribution in [1.29, 1.82) is 0 Å². The van der Waals surface area contributed by atoms with Crippen LogP contribution in [0.2, 0.25) is 5.02 Å². The van der Waals surface area contributed by atoms with Crippen LogP contribution in [0.25, 0.3) is 0 Å². The minimum atomic E-state index is 0.768. The number of benzene rings is 2. The highest BCUT2D eigenvalue weighted by Crippen LogP contribution is 2.26. The zero-order valence-corrected chi connectivity index (χ0v) is 12.1. The van der Waals surface area contributed by atoms with Gasteiger partial charge in [0.2, 0.25) is 0 Å². The fourth-order valence-electron chi connectivity index (χ4n) is 2.13. The molecule has 0 heterocycles. The summed E-state index contributed by atoms with van der Waals surface area (Å²) < 4.78 is 0. The molecule has 0 amide bonds. The predicted octanol–water partition coefficient (Wildman–Crippen LogP) is 4.26. The number of rotatable bonds is 4. The van der Waals surface area contributed by atoms with Crippen LogP contribution in [-0.2, 0) is 6.54 Å². The Morgan fingerprint density at radius 2 is 1.89 bits per heavy atom. The zero-order valence-electron chi connectivity index (χ0n) is 11.4. The Morgan fingerprint density at radius 1 is 1.16 bits per heavy atom. The maximum atomic E-state index is 6.30. The fourth-order valence-corrected chi connectivity index (χ4v) is 2.42. The molecule has 0 aliphatic heterocycles. The second-order valence-corrected chi connectivity index (χ2v) is 5.08. The SMILES string of the molecule is CCN(Cc1ccc(C)cc1Cl)c1ccccc1N. The first-order chi connectivity index (χ1) is 9.11. The molecule has 3 heteroatoms. The number of nitrogens with zero attached hydrogens (tertiary/aromatic N) is 1. The van der Waals surface area contributed by atoms with E-state index in [2.05, 4.69) is 24.0 Å². The number of para-hydroxylation sites is 2. The molecular formula is C16H19ClN2. The lowest BCUT2D eigenvalue weighted by molar-refractivity contribution is 0.833. The first-order valence-corrected chi connectivity index (χ1v) is 6.84. The smallest absolute Gasteiger partial charge is 0.0602 e. The summed E-state index contributed by atoms with van der Waals surface area (Å²) in [5.41, 5.74) is 10.2. The van der Waals surface area contributed by atoms with Gasteiger partial charge in [0.05, 0.1) is 11.4 Å². The topological polar surface area (TPSA) is 29.3 Å². The van der Waals surface area contributed by atoms with Crippen LogP contribution in [0, 0.1) is 6.92 Å². The lowest BCUT2D eigenvalue weighted by Gasteiger charge is -2.25. The van der Waals surface area contributed by atoms with Crippen LogP contribution in [0.3, 0.4) is 0 Å². The quantitative estimate of drug-likeness (QED) is 0.844. The van der Waals surface area contributed by atoms with Gasteiger partial charge in [-0.1, -0.05) is 35.9 Å². The second-order valence-electron chi connectivity index (χ2n) is 4.67. The predicted molar refractivity (Wildman–Crippen MR) is 83.8 cm³/mol. The minimum absolute atomic E-state index is 0.768. The average molecular weight is 275 g/mol. The van der Waals surface area contributed by atoms with Gasteiger partial charge in [-0.15, -0.1) is 0 Å². The highest BCUT2D eigenvalue weighted by atomic mass is 35.5. The lowest BCUT2D eigenvalue weighted by Crippen LogP contribution is -2.23. The Balaban J connectivity index is 2.27. The number of hydrogen-bond donors (Lipinski definition) is 1. The third kappa shape index (κ3) is 3.21. The summed E-state index contributed by atoms with van der Waals surface area (Å²) in [6.45, 7) is 5.82. The Bertz CT molecular complexity index is 566. The van der Waals surface area contributed by atoms with Crippen LogP contribution in [0.4, 0.5) is 11.4 Å². The van der Waals surface area contributed by atoms with Gasteiger partial charge >= 0.3 is 0 Å². The van der Waals surface area contributed by atoms with Crippen molar-refractivity contribution in [2.24, 2.45) is 0 Å². The molecule has 19 heavy (non-hydrogen) atoms. The van der Waals surface area contributed by atoms with E-state index in [9.17, 15) is 0 Å². The van der Waals surface area contributed by atoms with E-state index in [1.807, 2.05) is 37.3 Å². The molecular weight excluding hydrogens is 256 g/mol. The molecule has 0 aromatic heterocycles. The van der Waals surface area contributed by atoms with Crippen molar-refractivity contribution >= 4 is 23.0 Å². The molecule has 2 aromatic rings. The van der Waals surface area contributed by atoms with Gasteiger partial charge in [-0.25, -0.2) is 0 Å². The second kappa shape index (κ2) is 5.98. The Morgan fingerprint density at radius 3 is 2.53 bits per heavy atom. The maximum Gasteiger partial charge on any atom is 0.0602 e. The summed E-state index contributed by atoms with van der Waals surface area (Å²) in [6.07, 6.45) is 0. The number of nitrogens with two attached hydrogens (primary N) is 1. The van der Waals surface area contributed by atoms with Crippen LogP contribution < -0.4 is 10.6 Å². The van der Waals surface area contributed by atoms with Crippen molar-refractivity contribution in [3.63, 3.8) is 0 Å². The van der Waals surface area contributed by atoms with Crippen molar-refractivity contribution in [3.8, 4) is 0 Å². The number of anilines is 2. The van der Waals surface area contributed by atoms with E-state index in [0.717, 1.165) is 35.1 Å². The van der Waals surface area contributed by atoms with Gasteiger partial charge in [0.1, 0.15) is 0 Å². The van der Waals surface area contributed by atoms with Gasteiger partial charge in [-0.05, 0) is 43.2 Å². The van der Waals surface area contributed by atoms with Crippen LogP contribution >= 0.6 is 11.6 Å². The summed E-state index contributed by atoms with van der Waals surface area (Å²) >= 11 is 6.30. The van der Waals surface area contributed by atoms with Gasteiger partial charge in [0.15, 0.2) is 0 Å². The monoisotopic (exact) mass is 274 g/mol. The summed E-state index contributed by atoms with van der Waals surface area (Å²) in [6, 6.07) is 14.1. The number of aryl methyl sites for hydroxylation is 1. The molecule has 0 bridgehead atoms. The summed E-state index contributed by atoms with van der Waals surface area (Å²) in [5.74, 6) is 0. The molecule has 0 radical (unpaired) electrons. The van der Waals surface area contributed by atoms with E-state index in [-0.39, 0.29) is 0 Å². The van der Waals surface area contributed by atoms with Crippen LogP contribution in [-0.4, -0.2) is 6.54 Å². The fraction of sp³-hybridized carbons (Fsp3) is 0.250. The first kappa shape index (κ1) is 13.8. The minimum Gasteiger partial charge on any atom is -0.397 e. The van der Waals surface area contributed by atoms with Gasteiger partial charge in [0, 0.05) is 18.1 Å². The average Bonchev–Trinajstić information content (AvgIpc) is 2.39. The Labute approximate surface area is 119 Å². The van der Waals surface area contributed by atoms with Crippen molar-refractivity contribution in [1.82, 2.24) is 0 Å². The van der Waals surface area contributed by atoms with Gasteiger partial charge in [0.25, 0.3) is 0 Å². The molecule has 100 valence electrons. The zero-order chi connectivity index (χ0) is 13.8. The number of hydrogen-bond acceptors (Lipinski definition) is 2. The highest BCUT2D eigenvalue weighted by Gasteiger charge is 2.10. The molecule has 0 spiro atoms. The molecule has 2 N–H and O–H groups in total. The lowest BCUT2D eigenvalue weighted by atomic mass is 10.1. The summed E-state index contributed by atoms with van der Waals surface area (Å²) in [4.78, 5) is 2.23. The molecule has 0 aliphatic carbocycles. The Hall–Kier alpha value is -1.67. The molecule has 2 rings (SSSR count). The summed E-state index contributed by atoms with van der Waals surface area (Å²) in [5, 5.41) is 0.813. The summed E-state index contributed by atoms with van der Waals surface area (Å²) in [7, 11) is 0. The molecule has 0 fully saturated rings. The van der Waals surface area contributed by atoms with Crippen molar-refractivity contribution < 1.29 is 0 Å². The van der Waals surface area contributed by atoms with E-state index in [0.29, 0.717) is 0 Å². The van der Waals surface area contributed by atoms with Crippen LogP contribution in [0.1, 0.15) is 18.1 Å². The highest BCUT2D eigenvalue weighted by molar-refractivity contribution is 6.31. The molecule has 0 aliphatic rings. The Kier molecular flexibility index (Phi) is 4.33. The normalized spacial score (nSPS) is 10.5. The third-order valence-electron chi connectivity index (χ3n) is 3.23. The van der Waals surface area contributed by atoms with Gasteiger partial charge in [-0.2, -0.15) is 0 Å². The molecule has 0 saturated carbocycles. The molecule has 0 atom stereocenters. The molecule has 0 saturated heterocycles.